The van der Waals surface area contributed by atoms with E-state index in [0.717, 1.165) is 5.56 Å². The van der Waals surface area contributed by atoms with Crippen LogP contribution in [0.2, 0.25) is 0 Å². The van der Waals surface area contributed by atoms with Gasteiger partial charge >= 0.3 is 0 Å². The third-order valence-corrected chi connectivity index (χ3v) is 5.05. The van der Waals surface area contributed by atoms with Crippen molar-refractivity contribution in [3.05, 3.63) is 41.9 Å². The number of likely N-dealkylation sites (N-methyl/N-ethyl adjacent to an activating group) is 1. The van der Waals surface area contributed by atoms with E-state index >= 15 is 0 Å². The third-order valence-electron chi connectivity index (χ3n) is 3.18. The number of pyridine rings is 1. The van der Waals surface area contributed by atoms with Gasteiger partial charge in [0.15, 0.2) is 5.03 Å². The summed E-state index contributed by atoms with van der Waals surface area (Å²) in [7, 11) is -0.229. The van der Waals surface area contributed by atoms with Gasteiger partial charge in [-0.25, -0.2) is 8.42 Å². The van der Waals surface area contributed by atoms with Crippen LogP contribution in [-0.2, 0) is 23.0 Å². The Morgan fingerprint density at radius 3 is 2.71 bits per heavy atom. The monoisotopic (exact) mass is 309 g/mol. The molecule has 0 aliphatic heterocycles. The molecule has 2 aromatic rings. The Balaban J connectivity index is 2.09. The zero-order chi connectivity index (χ0) is 15.3. The molecule has 0 atom stereocenters. The Morgan fingerprint density at radius 1 is 1.33 bits per heavy atom. The van der Waals surface area contributed by atoms with Crippen molar-refractivity contribution in [1.29, 1.82) is 0 Å². The van der Waals surface area contributed by atoms with Crippen LogP contribution in [0, 0.1) is 0 Å². The second kappa shape index (κ2) is 6.79. The van der Waals surface area contributed by atoms with Crippen molar-refractivity contribution < 1.29 is 8.42 Å². The number of hydrogen-bond acceptors (Lipinski definition) is 5. The topological polar surface area (TPSA) is 91.0 Å². The molecule has 0 bridgehead atoms. The Hall–Kier alpha value is -1.77. The molecule has 2 aromatic heterocycles. The highest BCUT2D eigenvalue weighted by atomic mass is 32.2. The zero-order valence-electron chi connectivity index (χ0n) is 12.1. The summed E-state index contributed by atoms with van der Waals surface area (Å²) in [5.74, 6) is 0. The van der Waals surface area contributed by atoms with Crippen molar-refractivity contribution >= 4 is 10.0 Å². The molecular weight excluding hydrogens is 290 g/mol. The standard InChI is InChI=1S/C13H19N5O2S/c1-14-9-12-10-16-17-13(12)21(19,20)18(2)8-5-11-3-6-15-7-4-11/h3-4,6-7,10,14H,5,8-9H2,1-2H3,(H,16,17). The van der Waals surface area contributed by atoms with Crippen molar-refractivity contribution in [2.75, 3.05) is 20.6 Å². The Labute approximate surface area is 124 Å². The van der Waals surface area contributed by atoms with E-state index in [-0.39, 0.29) is 5.03 Å². The minimum absolute atomic E-state index is 0.147. The summed E-state index contributed by atoms with van der Waals surface area (Å²) in [5, 5.41) is 9.49. The SMILES string of the molecule is CNCc1cn[nH]c1S(=O)(=O)N(C)CCc1ccncc1. The maximum atomic E-state index is 12.5. The van der Waals surface area contributed by atoms with E-state index in [4.69, 9.17) is 0 Å². The minimum atomic E-state index is -3.56. The zero-order valence-corrected chi connectivity index (χ0v) is 12.9. The van der Waals surface area contributed by atoms with Gasteiger partial charge in [-0.3, -0.25) is 10.1 Å². The van der Waals surface area contributed by atoms with Gasteiger partial charge in [-0.15, -0.1) is 0 Å². The number of aromatic amines is 1. The Morgan fingerprint density at radius 2 is 2.05 bits per heavy atom. The van der Waals surface area contributed by atoms with Crippen molar-refractivity contribution in [1.82, 2.24) is 24.8 Å². The van der Waals surface area contributed by atoms with Gasteiger partial charge in [0.25, 0.3) is 10.0 Å². The summed E-state index contributed by atoms with van der Waals surface area (Å²) in [6.45, 7) is 0.841. The van der Waals surface area contributed by atoms with Crippen LogP contribution in [0.4, 0.5) is 0 Å². The molecule has 0 aliphatic carbocycles. The average Bonchev–Trinajstić information content (AvgIpc) is 2.95. The third kappa shape index (κ3) is 3.66. The Bertz CT molecular complexity index is 669. The summed E-state index contributed by atoms with van der Waals surface area (Å²) in [6.07, 6.45) is 5.56. The van der Waals surface area contributed by atoms with E-state index in [9.17, 15) is 8.42 Å². The van der Waals surface area contributed by atoms with E-state index in [1.54, 1.807) is 26.5 Å². The number of rotatable bonds is 7. The lowest BCUT2D eigenvalue weighted by molar-refractivity contribution is 0.468. The first-order valence-corrected chi connectivity index (χ1v) is 8.02. The van der Waals surface area contributed by atoms with Crippen LogP contribution in [0.15, 0.2) is 35.7 Å². The molecule has 0 amide bonds. The van der Waals surface area contributed by atoms with Crippen LogP contribution in [0.25, 0.3) is 0 Å². The highest BCUT2D eigenvalue weighted by molar-refractivity contribution is 7.89. The molecule has 0 radical (unpaired) electrons. The predicted molar refractivity (Wildman–Crippen MR) is 79.1 cm³/mol. The van der Waals surface area contributed by atoms with E-state index in [0.29, 0.717) is 25.1 Å². The first-order valence-electron chi connectivity index (χ1n) is 6.58. The summed E-state index contributed by atoms with van der Waals surface area (Å²) < 4.78 is 26.4. The average molecular weight is 309 g/mol. The van der Waals surface area contributed by atoms with E-state index in [1.807, 2.05) is 12.1 Å². The number of aromatic nitrogens is 3. The molecule has 0 fully saturated rings. The lowest BCUT2D eigenvalue weighted by Gasteiger charge is -2.17. The van der Waals surface area contributed by atoms with E-state index in [1.165, 1.54) is 10.5 Å². The molecule has 2 N–H and O–H groups in total. The molecule has 2 heterocycles. The maximum absolute atomic E-state index is 12.5. The van der Waals surface area contributed by atoms with Crippen molar-refractivity contribution in [3.8, 4) is 0 Å². The molecule has 8 heteroatoms. The number of nitrogens with one attached hydrogen (secondary N) is 2. The molecule has 7 nitrogen and oxygen atoms in total. The van der Waals surface area contributed by atoms with Crippen LogP contribution in [0.3, 0.4) is 0 Å². The van der Waals surface area contributed by atoms with Gasteiger partial charge in [0.05, 0.1) is 6.20 Å². The van der Waals surface area contributed by atoms with Gasteiger partial charge in [0, 0.05) is 38.1 Å². The smallest absolute Gasteiger partial charge is 0.260 e. The van der Waals surface area contributed by atoms with Gasteiger partial charge in [0.1, 0.15) is 0 Å². The van der Waals surface area contributed by atoms with E-state index in [2.05, 4.69) is 20.5 Å². The van der Waals surface area contributed by atoms with Crippen LogP contribution in [-0.4, -0.2) is 48.5 Å². The second-order valence-corrected chi connectivity index (χ2v) is 6.67. The van der Waals surface area contributed by atoms with Crippen LogP contribution in [0.5, 0.6) is 0 Å². The van der Waals surface area contributed by atoms with Gasteiger partial charge < -0.3 is 5.32 Å². The van der Waals surface area contributed by atoms with Crippen LogP contribution >= 0.6 is 0 Å². The van der Waals surface area contributed by atoms with Crippen molar-refractivity contribution in [2.45, 2.75) is 18.0 Å². The molecular formula is C13H19N5O2S. The number of nitrogens with zero attached hydrogens (tertiary/aromatic N) is 3. The minimum Gasteiger partial charge on any atom is -0.316 e. The Kier molecular flexibility index (Phi) is 5.05. The quantitative estimate of drug-likeness (QED) is 0.772. The van der Waals surface area contributed by atoms with Gasteiger partial charge in [0.2, 0.25) is 0 Å². The fraction of sp³-hybridized carbons (Fsp3) is 0.385. The molecule has 0 saturated heterocycles. The highest BCUT2D eigenvalue weighted by Crippen LogP contribution is 2.16. The summed E-state index contributed by atoms with van der Waals surface area (Å²) in [6, 6.07) is 3.76. The number of hydrogen-bond donors (Lipinski definition) is 2. The normalized spacial score (nSPS) is 12.0. The summed E-state index contributed by atoms with van der Waals surface area (Å²) in [5.41, 5.74) is 1.68. The van der Waals surface area contributed by atoms with Gasteiger partial charge in [-0.05, 0) is 31.2 Å². The molecule has 0 aromatic carbocycles. The van der Waals surface area contributed by atoms with Gasteiger partial charge in [-0.2, -0.15) is 9.40 Å². The molecule has 2 rings (SSSR count). The molecule has 0 saturated carbocycles. The largest absolute Gasteiger partial charge is 0.316 e. The highest BCUT2D eigenvalue weighted by Gasteiger charge is 2.25. The second-order valence-electron chi connectivity index (χ2n) is 4.69. The molecule has 0 spiro atoms. The van der Waals surface area contributed by atoms with Gasteiger partial charge in [-0.1, -0.05) is 0 Å². The molecule has 0 unspecified atom stereocenters. The first kappa shape index (κ1) is 15.6. The molecule has 21 heavy (non-hydrogen) atoms. The number of sulfonamides is 1. The molecule has 0 aliphatic rings. The maximum Gasteiger partial charge on any atom is 0.260 e. The number of H-pyrrole nitrogens is 1. The summed E-state index contributed by atoms with van der Waals surface area (Å²) in [4.78, 5) is 3.94. The first-order chi connectivity index (χ1) is 10.1. The summed E-state index contributed by atoms with van der Waals surface area (Å²) >= 11 is 0. The predicted octanol–water partition coefficient (Wildman–Crippen LogP) is 0.387. The van der Waals surface area contributed by atoms with Crippen molar-refractivity contribution in [3.63, 3.8) is 0 Å². The van der Waals surface area contributed by atoms with Crippen LogP contribution in [0.1, 0.15) is 11.1 Å². The fourth-order valence-corrected chi connectivity index (χ4v) is 3.22. The lowest BCUT2D eigenvalue weighted by atomic mass is 10.2. The van der Waals surface area contributed by atoms with Crippen LogP contribution < -0.4 is 5.32 Å². The fourth-order valence-electron chi connectivity index (χ4n) is 1.95. The van der Waals surface area contributed by atoms with E-state index < -0.39 is 10.0 Å². The van der Waals surface area contributed by atoms with Crippen molar-refractivity contribution in [2.24, 2.45) is 0 Å². The lowest BCUT2D eigenvalue weighted by Crippen LogP contribution is -2.30. The molecule has 114 valence electrons.